The molecule has 1 aromatic heterocycles. The van der Waals surface area contributed by atoms with Crippen molar-refractivity contribution >= 4 is 0 Å². The van der Waals surface area contributed by atoms with E-state index in [2.05, 4.69) is 10.2 Å². The largest absolute Gasteiger partial charge is 0.324 e. The number of nitrogens with zero attached hydrogens (tertiary/aromatic N) is 3. The topological polar surface area (TPSA) is 56.7 Å². The van der Waals surface area contributed by atoms with E-state index in [0.29, 0.717) is 17.2 Å². The summed E-state index contributed by atoms with van der Waals surface area (Å²) in [5, 5.41) is 7.84. The first-order chi connectivity index (χ1) is 7.63. The van der Waals surface area contributed by atoms with Gasteiger partial charge in [-0.05, 0) is 24.6 Å². The van der Waals surface area contributed by atoms with E-state index < -0.39 is 0 Å². The first-order valence-corrected chi connectivity index (χ1v) is 4.98. The van der Waals surface area contributed by atoms with Gasteiger partial charge < -0.3 is 10.3 Å². The molecule has 0 unspecified atom stereocenters. The molecule has 0 atom stereocenters. The van der Waals surface area contributed by atoms with E-state index in [4.69, 9.17) is 5.73 Å². The summed E-state index contributed by atoms with van der Waals surface area (Å²) >= 11 is 0. The Labute approximate surface area is 92.9 Å². The smallest absolute Gasteiger partial charge is 0.166 e. The molecule has 1 aromatic carbocycles. The minimum absolute atomic E-state index is 0.289. The van der Waals surface area contributed by atoms with Gasteiger partial charge in [-0.25, -0.2) is 4.39 Å². The highest BCUT2D eigenvalue weighted by molar-refractivity contribution is 5.56. The van der Waals surface area contributed by atoms with Crippen molar-refractivity contribution in [2.75, 3.05) is 0 Å². The van der Waals surface area contributed by atoms with Crippen LogP contribution < -0.4 is 5.73 Å². The summed E-state index contributed by atoms with van der Waals surface area (Å²) in [4.78, 5) is 0. The highest BCUT2D eigenvalue weighted by atomic mass is 19.1. The molecule has 2 aromatic rings. The number of hydrogen-bond acceptors (Lipinski definition) is 3. The maximum absolute atomic E-state index is 13.7. The summed E-state index contributed by atoms with van der Waals surface area (Å²) in [7, 11) is 1.77. The number of aryl methyl sites for hydroxylation is 1. The van der Waals surface area contributed by atoms with Crippen LogP contribution in [0.25, 0.3) is 11.4 Å². The van der Waals surface area contributed by atoms with Gasteiger partial charge in [-0.15, -0.1) is 10.2 Å². The van der Waals surface area contributed by atoms with Crippen molar-refractivity contribution in [1.82, 2.24) is 14.8 Å². The van der Waals surface area contributed by atoms with Crippen molar-refractivity contribution in [3.63, 3.8) is 0 Å². The van der Waals surface area contributed by atoms with Crippen LogP contribution in [0.1, 0.15) is 11.4 Å². The van der Waals surface area contributed by atoms with E-state index in [9.17, 15) is 4.39 Å². The SMILES string of the molecule is Cc1ccc(-c2nnc(CN)n2C)c(F)c1. The standard InChI is InChI=1S/C11H13FN4/c1-7-3-4-8(9(12)5-7)11-15-14-10(6-13)16(11)2/h3-5H,6,13H2,1-2H3. The van der Waals surface area contributed by atoms with Crippen LogP contribution >= 0.6 is 0 Å². The predicted molar refractivity (Wildman–Crippen MR) is 59.0 cm³/mol. The van der Waals surface area contributed by atoms with E-state index in [1.54, 1.807) is 17.7 Å². The lowest BCUT2D eigenvalue weighted by Gasteiger charge is -2.04. The quantitative estimate of drug-likeness (QED) is 0.832. The van der Waals surface area contributed by atoms with Gasteiger partial charge in [-0.2, -0.15) is 0 Å². The number of rotatable bonds is 2. The molecule has 0 saturated carbocycles. The zero-order valence-corrected chi connectivity index (χ0v) is 9.24. The molecule has 0 spiro atoms. The van der Waals surface area contributed by atoms with Crippen LogP contribution in [-0.4, -0.2) is 14.8 Å². The van der Waals surface area contributed by atoms with Crippen molar-refractivity contribution in [2.45, 2.75) is 13.5 Å². The third-order valence-electron chi connectivity index (χ3n) is 2.51. The molecular formula is C11H13FN4. The van der Waals surface area contributed by atoms with Gasteiger partial charge in [0.2, 0.25) is 0 Å². The van der Waals surface area contributed by atoms with Crippen LogP contribution in [0.15, 0.2) is 18.2 Å². The molecule has 0 aliphatic rings. The number of nitrogens with two attached hydrogens (primary N) is 1. The molecule has 0 amide bonds. The van der Waals surface area contributed by atoms with E-state index in [1.165, 1.54) is 6.07 Å². The Hall–Kier alpha value is -1.75. The van der Waals surface area contributed by atoms with E-state index in [1.807, 2.05) is 13.0 Å². The lowest BCUT2D eigenvalue weighted by Crippen LogP contribution is -2.05. The molecule has 0 aliphatic heterocycles. The molecule has 0 aliphatic carbocycles. The first kappa shape index (κ1) is 10.8. The fourth-order valence-electron chi connectivity index (χ4n) is 1.58. The van der Waals surface area contributed by atoms with Gasteiger partial charge in [0.05, 0.1) is 12.1 Å². The van der Waals surface area contributed by atoms with E-state index >= 15 is 0 Å². The molecule has 0 radical (unpaired) electrons. The summed E-state index contributed by atoms with van der Waals surface area (Å²) in [6, 6.07) is 5.02. The summed E-state index contributed by atoms with van der Waals surface area (Å²) in [5.41, 5.74) is 6.81. The van der Waals surface area contributed by atoms with Gasteiger partial charge in [0.1, 0.15) is 11.6 Å². The zero-order valence-electron chi connectivity index (χ0n) is 9.24. The van der Waals surface area contributed by atoms with Crippen LogP contribution in [0.2, 0.25) is 0 Å². The average Bonchev–Trinajstić information content (AvgIpc) is 2.60. The maximum Gasteiger partial charge on any atom is 0.166 e. The van der Waals surface area contributed by atoms with Gasteiger partial charge in [-0.1, -0.05) is 6.07 Å². The van der Waals surface area contributed by atoms with Crippen LogP contribution in [0.3, 0.4) is 0 Å². The molecule has 1 heterocycles. The Morgan fingerprint density at radius 3 is 2.69 bits per heavy atom. The molecule has 4 nitrogen and oxygen atoms in total. The van der Waals surface area contributed by atoms with E-state index in [-0.39, 0.29) is 12.4 Å². The molecule has 16 heavy (non-hydrogen) atoms. The van der Waals surface area contributed by atoms with Crippen molar-refractivity contribution in [3.05, 3.63) is 35.4 Å². The zero-order chi connectivity index (χ0) is 11.7. The normalized spacial score (nSPS) is 10.8. The third-order valence-corrected chi connectivity index (χ3v) is 2.51. The molecule has 0 fully saturated rings. The molecule has 0 bridgehead atoms. The van der Waals surface area contributed by atoms with Gasteiger partial charge in [0.15, 0.2) is 5.82 Å². The Balaban J connectivity index is 2.54. The summed E-state index contributed by atoms with van der Waals surface area (Å²) in [6.45, 7) is 2.13. The Bertz CT molecular complexity index is 519. The Kier molecular flexibility index (Phi) is 2.70. The van der Waals surface area contributed by atoms with Crippen molar-refractivity contribution in [3.8, 4) is 11.4 Å². The predicted octanol–water partition coefficient (Wildman–Crippen LogP) is 1.39. The summed E-state index contributed by atoms with van der Waals surface area (Å²) < 4.78 is 15.4. The van der Waals surface area contributed by atoms with E-state index in [0.717, 1.165) is 5.56 Å². The highest BCUT2D eigenvalue weighted by Gasteiger charge is 2.13. The van der Waals surface area contributed by atoms with Gasteiger partial charge >= 0.3 is 0 Å². The number of halogens is 1. The number of benzene rings is 1. The maximum atomic E-state index is 13.7. The lowest BCUT2D eigenvalue weighted by atomic mass is 10.1. The fraction of sp³-hybridized carbons (Fsp3) is 0.273. The van der Waals surface area contributed by atoms with Crippen LogP contribution in [-0.2, 0) is 13.6 Å². The monoisotopic (exact) mass is 220 g/mol. The van der Waals surface area contributed by atoms with Crippen molar-refractivity contribution in [2.24, 2.45) is 12.8 Å². The van der Waals surface area contributed by atoms with Crippen molar-refractivity contribution in [1.29, 1.82) is 0 Å². The van der Waals surface area contributed by atoms with Crippen LogP contribution in [0.4, 0.5) is 4.39 Å². The highest BCUT2D eigenvalue weighted by Crippen LogP contribution is 2.21. The second-order valence-corrected chi connectivity index (χ2v) is 3.69. The minimum atomic E-state index is -0.293. The molecule has 2 rings (SSSR count). The van der Waals surface area contributed by atoms with Crippen LogP contribution in [0, 0.1) is 12.7 Å². The Morgan fingerprint density at radius 2 is 2.12 bits per heavy atom. The number of aromatic nitrogens is 3. The minimum Gasteiger partial charge on any atom is -0.324 e. The third kappa shape index (κ3) is 1.69. The molecular weight excluding hydrogens is 207 g/mol. The van der Waals surface area contributed by atoms with Gasteiger partial charge in [-0.3, -0.25) is 0 Å². The average molecular weight is 220 g/mol. The molecule has 84 valence electrons. The fourth-order valence-corrected chi connectivity index (χ4v) is 1.58. The summed E-state index contributed by atoms with van der Waals surface area (Å²) in [5.74, 6) is 0.840. The number of hydrogen-bond donors (Lipinski definition) is 1. The van der Waals surface area contributed by atoms with Gasteiger partial charge in [0.25, 0.3) is 0 Å². The Morgan fingerprint density at radius 1 is 1.38 bits per heavy atom. The second-order valence-electron chi connectivity index (χ2n) is 3.69. The molecule has 5 heteroatoms. The second kappa shape index (κ2) is 4.02. The van der Waals surface area contributed by atoms with Crippen molar-refractivity contribution < 1.29 is 4.39 Å². The lowest BCUT2D eigenvalue weighted by molar-refractivity contribution is 0.627. The molecule has 2 N–H and O–H groups in total. The molecule has 0 saturated heterocycles. The van der Waals surface area contributed by atoms with Crippen LogP contribution in [0.5, 0.6) is 0 Å². The van der Waals surface area contributed by atoms with Gasteiger partial charge in [0, 0.05) is 7.05 Å². The first-order valence-electron chi connectivity index (χ1n) is 4.98. The summed E-state index contributed by atoms with van der Waals surface area (Å²) in [6.07, 6.45) is 0.